The second kappa shape index (κ2) is 4.84. The number of hydrogen-bond acceptors (Lipinski definition) is 3. The highest BCUT2D eigenvalue weighted by molar-refractivity contribution is 5.85. The van der Waals surface area contributed by atoms with Crippen molar-refractivity contribution < 1.29 is 9.90 Å². The standard InChI is InChI=1S/C7H11N3O2.ClH/c1-4-9-3-5(10-4)2-6(8)7(11)12;/h3,6H,2,8H2,1H3,(H,9,10)(H,11,12);1H. The number of H-pyrrole nitrogens is 1. The molecule has 1 heterocycles. The normalized spacial score (nSPS) is 11.8. The maximum absolute atomic E-state index is 10.3. The summed E-state index contributed by atoms with van der Waals surface area (Å²) >= 11 is 0. The Kier molecular flexibility index (Phi) is 4.44. The van der Waals surface area contributed by atoms with Crippen LogP contribution < -0.4 is 5.73 Å². The Morgan fingerprint density at radius 1 is 1.85 bits per heavy atom. The third-order valence-electron chi connectivity index (χ3n) is 1.51. The van der Waals surface area contributed by atoms with Crippen molar-refractivity contribution in [3.8, 4) is 0 Å². The van der Waals surface area contributed by atoms with Crippen LogP contribution in [0.4, 0.5) is 0 Å². The Morgan fingerprint density at radius 3 is 2.85 bits per heavy atom. The van der Waals surface area contributed by atoms with Gasteiger partial charge in [-0.05, 0) is 6.92 Å². The number of rotatable bonds is 3. The number of imidazole rings is 1. The monoisotopic (exact) mass is 205 g/mol. The molecule has 0 bridgehead atoms. The van der Waals surface area contributed by atoms with Crippen LogP contribution >= 0.6 is 12.4 Å². The molecule has 0 fully saturated rings. The Labute approximate surface area is 81.8 Å². The molecule has 0 aliphatic carbocycles. The zero-order valence-corrected chi connectivity index (χ0v) is 7.97. The van der Waals surface area contributed by atoms with Gasteiger partial charge >= 0.3 is 5.97 Å². The summed E-state index contributed by atoms with van der Waals surface area (Å²) in [5.41, 5.74) is 5.99. The van der Waals surface area contributed by atoms with Crippen LogP contribution in [0.15, 0.2) is 6.20 Å². The van der Waals surface area contributed by atoms with Gasteiger partial charge in [0, 0.05) is 12.6 Å². The molecule has 5 nitrogen and oxygen atoms in total. The summed E-state index contributed by atoms with van der Waals surface area (Å²) in [6.45, 7) is 1.80. The molecule has 0 aromatic carbocycles. The minimum atomic E-state index is -1.00. The number of nitrogens with one attached hydrogen (secondary N) is 1. The van der Waals surface area contributed by atoms with E-state index in [2.05, 4.69) is 9.97 Å². The fourth-order valence-electron chi connectivity index (χ4n) is 0.885. The SMILES string of the molecule is Cc1nc(CC(N)C(=O)O)c[nH]1.Cl. The van der Waals surface area contributed by atoms with Crippen molar-refractivity contribution in [2.75, 3.05) is 0 Å². The minimum Gasteiger partial charge on any atom is -0.480 e. The largest absolute Gasteiger partial charge is 0.480 e. The summed E-state index contributed by atoms with van der Waals surface area (Å²) in [6, 6.07) is -0.868. The lowest BCUT2D eigenvalue weighted by Crippen LogP contribution is -2.32. The lowest BCUT2D eigenvalue weighted by atomic mass is 10.2. The van der Waals surface area contributed by atoms with Gasteiger partial charge in [0.05, 0.1) is 5.69 Å². The molecule has 13 heavy (non-hydrogen) atoms. The molecule has 1 rings (SSSR count). The molecule has 0 saturated heterocycles. The Balaban J connectivity index is 0.00000144. The van der Waals surface area contributed by atoms with Crippen LogP contribution in [0.2, 0.25) is 0 Å². The van der Waals surface area contributed by atoms with Gasteiger partial charge in [-0.1, -0.05) is 0 Å². The van der Waals surface area contributed by atoms with Crippen molar-refractivity contribution in [2.45, 2.75) is 19.4 Å². The zero-order chi connectivity index (χ0) is 9.14. The van der Waals surface area contributed by atoms with Gasteiger partial charge in [0.2, 0.25) is 0 Å². The van der Waals surface area contributed by atoms with Gasteiger partial charge in [0.15, 0.2) is 0 Å². The second-order valence-corrected chi connectivity index (χ2v) is 2.63. The number of aromatic amines is 1. The number of carboxylic acid groups (broad SMARTS) is 1. The molecule has 1 atom stereocenters. The minimum absolute atomic E-state index is 0. The van der Waals surface area contributed by atoms with E-state index in [4.69, 9.17) is 10.8 Å². The summed E-state index contributed by atoms with van der Waals surface area (Å²) in [4.78, 5) is 17.2. The molecule has 0 aliphatic heterocycles. The highest BCUT2D eigenvalue weighted by atomic mass is 35.5. The topological polar surface area (TPSA) is 92.0 Å². The summed E-state index contributed by atoms with van der Waals surface area (Å²) in [5.74, 6) is -0.238. The molecule has 1 unspecified atom stereocenters. The number of nitrogens with zero attached hydrogens (tertiary/aromatic N) is 1. The predicted molar refractivity (Wildman–Crippen MR) is 49.9 cm³/mol. The van der Waals surface area contributed by atoms with Crippen molar-refractivity contribution in [3.63, 3.8) is 0 Å². The number of hydrogen-bond donors (Lipinski definition) is 3. The van der Waals surface area contributed by atoms with Gasteiger partial charge in [-0.15, -0.1) is 12.4 Å². The Hall–Kier alpha value is -1.07. The fraction of sp³-hybridized carbons (Fsp3) is 0.429. The van der Waals surface area contributed by atoms with Crippen LogP contribution in [0.5, 0.6) is 0 Å². The highest BCUT2D eigenvalue weighted by Crippen LogP contribution is 1.98. The number of carboxylic acids is 1. The van der Waals surface area contributed by atoms with Gasteiger partial charge in [-0.3, -0.25) is 4.79 Å². The molecule has 0 saturated carbocycles. The maximum Gasteiger partial charge on any atom is 0.320 e. The van der Waals surface area contributed by atoms with Gasteiger partial charge in [0.25, 0.3) is 0 Å². The zero-order valence-electron chi connectivity index (χ0n) is 7.15. The summed E-state index contributed by atoms with van der Waals surface area (Å²) in [5, 5.41) is 8.49. The Bertz CT molecular complexity index is 287. The number of halogens is 1. The fourth-order valence-corrected chi connectivity index (χ4v) is 0.885. The van der Waals surface area contributed by atoms with E-state index in [0.29, 0.717) is 5.69 Å². The molecule has 6 heteroatoms. The summed E-state index contributed by atoms with van der Waals surface area (Å²) in [7, 11) is 0. The van der Waals surface area contributed by atoms with Crippen molar-refractivity contribution in [3.05, 3.63) is 17.7 Å². The first-order valence-electron chi connectivity index (χ1n) is 3.59. The number of aromatic nitrogens is 2. The van der Waals surface area contributed by atoms with E-state index < -0.39 is 12.0 Å². The second-order valence-electron chi connectivity index (χ2n) is 2.63. The lowest BCUT2D eigenvalue weighted by molar-refractivity contribution is -0.138. The molecule has 0 spiro atoms. The maximum atomic E-state index is 10.3. The van der Waals surface area contributed by atoms with Crippen LogP contribution in [-0.4, -0.2) is 27.1 Å². The lowest BCUT2D eigenvalue weighted by Gasteiger charge is -2.01. The molecular weight excluding hydrogens is 194 g/mol. The van der Waals surface area contributed by atoms with Crippen molar-refractivity contribution in [1.29, 1.82) is 0 Å². The first-order valence-corrected chi connectivity index (χ1v) is 3.59. The van der Waals surface area contributed by atoms with Gasteiger partial charge in [-0.2, -0.15) is 0 Å². The smallest absolute Gasteiger partial charge is 0.320 e. The van der Waals surface area contributed by atoms with Crippen LogP contribution in [-0.2, 0) is 11.2 Å². The molecule has 4 N–H and O–H groups in total. The van der Waals surface area contributed by atoms with Gasteiger partial charge in [-0.25, -0.2) is 4.98 Å². The molecule has 1 aromatic heterocycles. The van der Waals surface area contributed by atoms with E-state index in [1.54, 1.807) is 13.1 Å². The van der Waals surface area contributed by atoms with E-state index in [1.807, 2.05) is 0 Å². The average molecular weight is 206 g/mol. The van der Waals surface area contributed by atoms with Crippen LogP contribution in [0.1, 0.15) is 11.5 Å². The Morgan fingerprint density at radius 2 is 2.46 bits per heavy atom. The highest BCUT2D eigenvalue weighted by Gasteiger charge is 2.13. The van der Waals surface area contributed by atoms with E-state index in [-0.39, 0.29) is 18.8 Å². The first kappa shape index (κ1) is 11.9. The van der Waals surface area contributed by atoms with Crippen LogP contribution in [0.25, 0.3) is 0 Å². The van der Waals surface area contributed by atoms with Crippen molar-refractivity contribution in [1.82, 2.24) is 9.97 Å². The van der Waals surface area contributed by atoms with Gasteiger partial charge < -0.3 is 15.8 Å². The van der Waals surface area contributed by atoms with Crippen LogP contribution in [0, 0.1) is 6.92 Å². The summed E-state index contributed by atoms with van der Waals surface area (Å²) < 4.78 is 0. The molecule has 0 aliphatic rings. The predicted octanol–water partition coefficient (Wildman–Crippen LogP) is 0.0943. The van der Waals surface area contributed by atoms with Crippen LogP contribution in [0.3, 0.4) is 0 Å². The molecule has 74 valence electrons. The molecule has 0 amide bonds. The summed E-state index contributed by atoms with van der Waals surface area (Å²) in [6.07, 6.45) is 1.93. The third-order valence-corrected chi connectivity index (χ3v) is 1.51. The van der Waals surface area contributed by atoms with Crippen molar-refractivity contribution in [2.24, 2.45) is 5.73 Å². The third kappa shape index (κ3) is 3.43. The van der Waals surface area contributed by atoms with E-state index in [9.17, 15) is 4.79 Å². The molecule has 0 radical (unpaired) electrons. The van der Waals surface area contributed by atoms with E-state index in [0.717, 1.165) is 5.82 Å². The molecule has 1 aromatic rings. The number of aliphatic carboxylic acids is 1. The average Bonchev–Trinajstić information content (AvgIpc) is 2.35. The van der Waals surface area contributed by atoms with E-state index >= 15 is 0 Å². The first-order chi connectivity index (χ1) is 5.59. The van der Waals surface area contributed by atoms with Gasteiger partial charge in [0.1, 0.15) is 11.9 Å². The number of aryl methyl sites for hydroxylation is 1. The number of nitrogens with two attached hydrogens (primary N) is 1. The quantitative estimate of drug-likeness (QED) is 0.653. The molecular formula is C7H12ClN3O2. The van der Waals surface area contributed by atoms with Crippen molar-refractivity contribution >= 4 is 18.4 Å². The van der Waals surface area contributed by atoms with E-state index in [1.165, 1.54) is 0 Å². The number of carbonyl (C=O) groups is 1.